The third kappa shape index (κ3) is 3.34. The van der Waals surface area contributed by atoms with Gasteiger partial charge in [-0.3, -0.25) is 4.79 Å². The zero-order chi connectivity index (χ0) is 19.0. The number of H-pyrrole nitrogens is 1. The zero-order valence-corrected chi connectivity index (χ0v) is 16.7. The van der Waals surface area contributed by atoms with Crippen molar-refractivity contribution in [1.29, 1.82) is 0 Å². The molecule has 27 heavy (non-hydrogen) atoms. The van der Waals surface area contributed by atoms with Gasteiger partial charge in [-0.05, 0) is 53.7 Å². The number of tetrazole rings is 1. The van der Waals surface area contributed by atoms with E-state index in [1.807, 2.05) is 6.07 Å². The van der Waals surface area contributed by atoms with E-state index < -0.39 is 0 Å². The number of nitrogens with zero attached hydrogens (tertiary/aromatic N) is 3. The molecule has 0 bridgehead atoms. The number of ether oxygens (including phenoxy) is 1. The van der Waals surface area contributed by atoms with E-state index in [4.69, 9.17) is 27.9 Å². The van der Waals surface area contributed by atoms with Crippen molar-refractivity contribution < 1.29 is 9.53 Å². The van der Waals surface area contributed by atoms with Crippen LogP contribution < -0.4 is 4.74 Å². The maximum absolute atomic E-state index is 13.2. The van der Waals surface area contributed by atoms with Crippen LogP contribution in [0.15, 0.2) is 6.07 Å². The van der Waals surface area contributed by atoms with Crippen LogP contribution in [0.4, 0.5) is 0 Å². The summed E-state index contributed by atoms with van der Waals surface area (Å²) >= 11 is 12.9. The second-order valence-electron chi connectivity index (χ2n) is 7.74. The van der Waals surface area contributed by atoms with Gasteiger partial charge in [0.2, 0.25) is 0 Å². The van der Waals surface area contributed by atoms with Gasteiger partial charge < -0.3 is 4.74 Å². The van der Waals surface area contributed by atoms with Crippen LogP contribution in [0.25, 0.3) is 0 Å². The first-order valence-electron chi connectivity index (χ1n) is 9.42. The molecule has 1 aromatic heterocycles. The summed E-state index contributed by atoms with van der Waals surface area (Å²) in [6.07, 6.45) is 6.76. The van der Waals surface area contributed by atoms with Gasteiger partial charge in [-0.25, -0.2) is 5.10 Å². The first-order chi connectivity index (χ1) is 13.0. The van der Waals surface area contributed by atoms with E-state index in [1.165, 1.54) is 12.8 Å². The molecule has 144 valence electrons. The van der Waals surface area contributed by atoms with Crippen LogP contribution in [0.1, 0.15) is 60.8 Å². The lowest BCUT2D eigenvalue weighted by Crippen LogP contribution is -2.32. The Balaban J connectivity index is 1.50. The number of carbonyl (C=O) groups is 1. The second kappa shape index (κ2) is 7.40. The molecule has 1 heterocycles. The molecule has 0 amide bonds. The van der Waals surface area contributed by atoms with Gasteiger partial charge >= 0.3 is 0 Å². The van der Waals surface area contributed by atoms with Gasteiger partial charge in [-0.2, -0.15) is 0 Å². The molecular formula is C19H22Cl2N4O2. The monoisotopic (exact) mass is 408 g/mol. The smallest absolute Gasteiger partial charge is 0.171 e. The van der Waals surface area contributed by atoms with Crippen molar-refractivity contribution in [3.8, 4) is 5.75 Å². The fraction of sp³-hybridized carbons (Fsp3) is 0.579. The summed E-state index contributed by atoms with van der Waals surface area (Å²) in [5.41, 5.74) is 1.18. The summed E-state index contributed by atoms with van der Waals surface area (Å²) in [6, 6.07) is 1.90. The van der Waals surface area contributed by atoms with Crippen molar-refractivity contribution in [2.24, 2.45) is 11.3 Å². The van der Waals surface area contributed by atoms with Crippen molar-refractivity contribution in [1.82, 2.24) is 20.6 Å². The minimum absolute atomic E-state index is 0.140. The van der Waals surface area contributed by atoms with Crippen LogP contribution in [0.3, 0.4) is 0 Å². The highest BCUT2D eigenvalue weighted by Crippen LogP contribution is 2.52. The molecule has 0 saturated heterocycles. The molecule has 0 radical (unpaired) electrons. The van der Waals surface area contributed by atoms with Crippen molar-refractivity contribution in [3.63, 3.8) is 0 Å². The molecule has 8 heteroatoms. The largest absolute Gasteiger partial charge is 0.492 e. The van der Waals surface area contributed by atoms with Crippen LogP contribution in [0, 0.1) is 11.3 Å². The molecule has 0 aliphatic heterocycles. The Hall–Kier alpha value is -1.66. The molecule has 1 saturated carbocycles. The van der Waals surface area contributed by atoms with Gasteiger partial charge in [0.15, 0.2) is 5.78 Å². The number of Topliss-reactive ketones (excluding diaryl/α,β-unsaturated/α-hetero) is 1. The zero-order valence-electron chi connectivity index (χ0n) is 15.2. The summed E-state index contributed by atoms with van der Waals surface area (Å²) in [5.74, 6) is 1.82. The summed E-state index contributed by atoms with van der Waals surface area (Å²) < 4.78 is 5.86. The lowest BCUT2D eigenvalue weighted by Gasteiger charge is -2.29. The fourth-order valence-electron chi connectivity index (χ4n) is 4.50. The number of aromatic amines is 1. The number of carbonyl (C=O) groups excluding carboxylic acids is 1. The molecule has 1 aromatic carbocycles. The van der Waals surface area contributed by atoms with Crippen LogP contribution >= 0.6 is 23.2 Å². The Morgan fingerprint density at radius 2 is 2.07 bits per heavy atom. The quantitative estimate of drug-likeness (QED) is 0.713. The van der Waals surface area contributed by atoms with Gasteiger partial charge in [0.25, 0.3) is 0 Å². The Morgan fingerprint density at radius 3 is 2.78 bits per heavy atom. The lowest BCUT2D eigenvalue weighted by atomic mass is 9.73. The average molecular weight is 409 g/mol. The number of ketones is 1. The number of benzene rings is 1. The normalized spacial score (nSPS) is 22.4. The van der Waals surface area contributed by atoms with Crippen molar-refractivity contribution in [2.45, 2.75) is 51.9 Å². The number of aromatic nitrogens is 4. The molecule has 4 rings (SSSR count). The molecule has 1 fully saturated rings. The fourth-order valence-corrected chi connectivity index (χ4v) is 5.01. The van der Waals surface area contributed by atoms with Crippen molar-refractivity contribution in [3.05, 3.63) is 33.1 Å². The number of hydrogen-bond acceptors (Lipinski definition) is 5. The summed E-state index contributed by atoms with van der Waals surface area (Å²) in [5, 5.41) is 14.3. The minimum Gasteiger partial charge on any atom is -0.492 e. The molecule has 2 aliphatic rings. The van der Waals surface area contributed by atoms with E-state index in [9.17, 15) is 4.79 Å². The second-order valence-corrected chi connectivity index (χ2v) is 8.50. The number of nitrogens with one attached hydrogen (secondary N) is 1. The highest BCUT2D eigenvalue weighted by molar-refractivity contribution is 6.45. The first-order valence-corrected chi connectivity index (χ1v) is 10.2. The SMILES string of the molecule is CC1(C2CCCC2)Cc2cc(OCCCc3nnn[nH]3)c(Cl)c(Cl)c2C1=O. The predicted molar refractivity (Wildman–Crippen MR) is 103 cm³/mol. The molecule has 1 N–H and O–H groups in total. The van der Waals surface area contributed by atoms with E-state index in [-0.39, 0.29) is 11.2 Å². The van der Waals surface area contributed by atoms with Crippen molar-refractivity contribution in [2.75, 3.05) is 6.61 Å². The Bertz CT molecular complexity index is 850. The van der Waals surface area contributed by atoms with Crippen LogP contribution in [0.2, 0.25) is 10.0 Å². The lowest BCUT2D eigenvalue weighted by molar-refractivity contribution is 0.0744. The highest BCUT2D eigenvalue weighted by atomic mass is 35.5. The summed E-state index contributed by atoms with van der Waals surface area (Å²) in [6.45, 7) is 2.55. The van der Waals surface area contributed by atoms with E-state index in [2.05, 4.69) is 27.5 Å². The number of aryl methyl sites for hydroxylation is 1. The van der Waals surface area contributed by atoms with E-state index >= 15 is 0 Å². The van der Waals surface area contributed by atoms with Gasteiger partial charge in [-0.15, -0.1) is 5.10 Å². The number of fused-ring (bicyclic) bond motifs is 1. The number of hydrogen-bond donors (Lipinski definition) is 1. The highest BCUT2D eigenvalue weighted by Gasteiger charge is 2.49. The molecule has 1 unspecified atom stereocenters. The predicted octanol–water partition coefficient (Wildman–Crippen LogP) is 4.45. The van der Waals surface area contributed by atoms with Crippen molar-refractivity contribution >= 4 is 29.0 Å². The van der Waals surface area contributed by atoms with Crippen LogP contribution in [-0.4, -0.2) is 33.0 Å². The molecule has 1 atom stereocenters. The average Bonchev–Trinajstić information content (AvgIpc) is 3.39. The number of rotatable bonds is 6. The van der Waals surface area contributed by atoms with Crippen LogP contribution in [-0.2, 0) is 12.8 Å². The first kappa shape index (κ1) is 18.7. The maximum atomic E-state index is 13.2. The maximum Gasteiger partial charge on any atom is 0.171 e. The standard InChI is InChI=1S/C19H22Cl2N4O2/c1-19(12-5-2-3-6-12)10-11-9-13(16(20)17(21)15(11)18(19)26)27-8-4-7-14-22-24-25-23-14/h9,12H,2-8,10H2,1H3,(H,22,23,24,25). The third-order valence-electron chi connectivity index (χ3n) is 6.02. The van der Waals surface area contributed by atoms with Gasteiger partial charge in [0.1, 0.15) is 16.6 Å². The third-order valence-corrected chi connectivity index (χ3v) is 6.87. The van der Waals surface area contributed by atoms with E-state index in [0.29, 0.717) is 46.7 Å². The number of halogens is 2. The van der Waals surface area contributed by atoms with Gasteiger partial charge in [0.05, 0.1) is 11.6 Å². The van der Waals surface area contributed by atoms with E-state index in [0.717, 1.165) is 30.7 Å². The van der Waals surface area contributed by atoms with Gasteiger partial charge in [-0.1, -0.05) is 43.0 Å². The minimum atomic E-state index is -0.371. The Morgan fingerprint density at radius 1 is 1.30 bits per heavy atom. The summed E-state index contributed by atoms with van der Waals surface area (Å²) in [4.78, 5) is 13.2. The Labute approximate surface area is 168 Å². The molecule has 6 nitrogen and oxygen atoms in total. The van der Waals surface area contributed by atoms with Gasteiger partial charge in [0, 0.05) is 17.4 Å². The topological polar surface area (TPSA) is 80.8 Å². The molecule has 2 aliphatic carbocycles. The summed E-state index contributed by atoms with van der Waals surface area (Å²) in [7, 11) is 0. The Kier molecular flexibility index (Phi) is 5.12. The van der Waals surface area contributed by atoms with Crippen LogP contribution in [0.5, 0.6) is 5.75 Å². The molecule has 2 aromatic rings. The molecule has 0 spiro atoms. The van der Waals surface area contributed by atoms with E-state index in [1.54, 1.807) is 0 Å². The molecular weight excluding hydrogens is 387 g/mol.